The molecule has 4 rings (SSSR count). The molecule has 0 bridgehead atoms. The van der Waals surface area contributed by atoms with Crippen LogP contribution in [0.2, 0.25) is 5.15 Å². The first kappa shape index (κ1) is 18.4. The van der Waals surface area contributed by atoms with E-state index in [1.165, 1.54) is 0 Å². The number of carbonyl (C=O) groups is 1. The predicted molar refractivity (Wildman–Crippen MR) is 103 cm³/mol. The van der Waals surface area contributed by atoms with E-state index in [4.69, 9.17) is 20.9 Å². The topological polar surface area (TPSA) is 81.4 Å². The first-order chi connectivity index (χ1) is 13.7. The predicted octanol–water partition coefficient (Wildman–Crippen LogP) is 3.92. The van der Waals surface area contributed by atoms with Gasteiger partial charge in [-0.3, -0.25) is 4.79 Å². The summed E-state index contributed by atoms with van der Waals surface area (Å²) in [7, 11) is 0. The molecule has 1 amide bonds. The minimum Gasteiger partial charge on any atom is -0.484 e. The summed E-state index contributed by atoms with van der Waals surface area (Å²) >= 11 is 5.82. The fourth-order valence-electron chi connectivity index (χ4n) is 3.23. The largest absolute Gasteiger partial charge is 0.484 e. The lowest BCUT2D eigenvalue weighted by atomic mass is 10.0. The van der Waals surface area contributed by atoms with Crippen molar-refractivity contribution in [1.29, 1.82) is 0 Å². The third-order valence-electron chi connectivity index (χ3n) is 4.64. The number of rotatable bonds is 5. The third kappa shape index (κ3) is 4.14. The molecule has 1 atom stereocenters. The summed E-state index contributed by atoms with van der Waals surface area (Å²) in [6.45, 7) is 0.625. The number of likely N-dealkylation sites (tertiary alicyclic amines) is 1. The Morgan fingerprint density at radius 3 is 2.86 bits per heavy atom. The molecule has 1 aromatic carbocycles. The van der Waals surface area contributed by atoms with E-state index in [0.29, 0.717) is 34.7 Å². The lowest BCUT2D eigenvalue weighted by Crippen LogP contribution is -2.41. The number of aromatic nitrogens is 3. The molecule has 0 saturated carbocycles. The van der Waals surface area contributed by atoms with Crippen molar-refractivity contribution in [3.8, 4) is 17.2 Å². The zero-order valence-corrected chi connectivity index (χ0v) is 15.9. The summed E-state index contributed by atoms with van der Waals surface area (Å²) in [5.41, 5.74) is 0.684. The van der Waals surface area contributed by atoms with Gasteiger partial charge in [-0.1, -0.05) is 35.0 Å². The normalized spacial score (nSPS) is 16.8. The molecule has 7 nitrogen and oxygen atoms in total. The smallest absolute Gasteiger partial charge is 0.261 e. The van der Waals surface area contributed by atoms with Gasteiger partial charge in [-0.15, -0.1) is 0 Å². The fourth-order valence-corrected chi connectivity index (χ4v) is 3.34. The summed E-state index contributed by atoms with van der Waals surface area (Å²) in [6, 6.07) is 12.5. The molecule has 8 heteroatoms. The maximum absolute atomic E-state index is 12.8. The molecular formula is C20H19ClN4O3. The van der Waals surface area contributed by atoms with E-state index in [-0.39, 0.29) is 18.6 Å². The first-order valence-electron chi connectivity index (χ1n) is 9.13. The number of piperidine rings is 1. The molecule has 0 spiro atoms. The monoisotopic (exact) mass is 398 g/mol. The van der Waals surface area contributed by atoms with Gasteiger partial charge in [0.2, 0.25) is 0 Å². The molecule has 144 valence electrons. The molecule has 2 aromatic heterocycles. The van der Waals surface area contributed by atoms with Crippen LogP contribution in [0.5, 0.6) is 5.75 Å². The number of amides is 1. The van der Waals surface area contributed by atoms with Crippen molar-refractivity contribution in [2.24, 2.45) is 0 Å². The van der Waals surface area contributed by atoms with Crippen LogP contribution in [0.3, 0.4) is 0 Å². The van der Waals surface area contributed by atoms with Crippen molar-refractivity contribution in [1.82, 2.24) is 20.0 Å². The summed E-state index contributed by atoms with van der Waals surface area (Å²) in [4.78, 5) is 23.1. The Labute approximate surface area is 167 Å². The van der Waals surface area contributed by atoms with Gasteiger partial charge in [0, 0.05) is 12.7 Å². The van der Waals surface area contributed by atoms with Crippen molar-refractivity contribution in [2.45, 2.75) is 25.3 Å². The Hall–Kier alpha value is -2.93. The standard InChI is InChI=1S/C20H19ClN4O3/c21-17-10-9-14(12-22-17)20-23-19(24-28-20)16-8-4-5-11-25(16)18(26)13-27-15-6-2-1-3-7-15/h1-3,6-7,9-10,12,16H,4-5,8,11,13H2. The lowest BCUT2D eigenvalue weighted by Gasteiger charge is -2.33. The van der Waals surface area contributed by atoms with Crippen molar-refractivity contribution in [2.75, 3.05) is 13.2 Å². The van der Waals surface area contributed by atoms with Crippen molar-refractivity contribution >= 4 is 17.5 Å². The lowest BCUT2D eigenvalue weighted by molar-refractivity contribution is -0.137. The van der Waals surface area contributed by atoms with E-state index in [2.05, 4.69) is 15.1 Å². The third-order valence-corrected chi connectivity index (χ3v) is 4.87. The highest BCUT2D eigenvalue weighted by Gasteiger charge is 2.31. The number of para-hydroxylation sites is 1. The van der Waals surface area contributed by atoms with Gasteiger partial charge in [0.25, 0.3) is 11.8 Å². The highest BCUT2D eigenvalue weighted by molar-refractivity contribution is 6.29. The van der Waals surface area contributed by atoms with Crippen LogP contribution in [0.1, 0.15) is 31.1 Å². The number of benzene rings is 1. The Kier molecular flexibility index (Phi) is 5.53. The second-order valence-electron chi connectivity index (χ2n) is 6.53. The SMILES string of the molecule is O=C(COc1ccccc1)N1CCCCC1c1noc(-c2ccc(Cl)nc2)n1. The van der Waals surface area contributed by atoms with E-state index < -0.39 is 0 Å². The number of carbonyl (C=O) groups excluding carboxylic acids is 1. The second kappa shape index (κ2) is 8.39. The molecule has 3 aromatic rings. The quantitative estimate of drug-likeness (QED) is 0.606. The van der Waals surface area contributed by atoms with E-state index >= 15 is 0 Å². The Morgan fingerprint density at radius 1 is 1.21 bits per heavy atom. The molecule has 3 heterocycles. The molecule has 1 saturated heterocycles. The molecule has 1 fully saturated rings. The van der Waals surface area contributed by atoms with Gasteiger partial charge >= 0.3 is 0 Å². The zero-order chi connectivity index (χ0) is 19.3. The van der Waals surface area contributed by atoms with Crippen LogP contribution in [0.25, 0.3) is 11.5 Å². The maximum atomic E-state index is 12.8. The molecule has 0 N–H and O–H groups in total. The van der Waals surface area contributed by atoms with Crippen molar-refractivity contribution in [3.63, 3.8) is 0 Å². The van der Waals surface area contributed by atoms with E-state index in [9.17, 15) is 4.79 Å². The zero-order valence-electron chi connectivity index (χ0n) is 15.1. The Balaban J connectivity index is 1.47. The molecule has 1 aliphatic heterocycles. The van der Waals surface area contributed by atoms with Crippen LogP contribution in [0.4, 0.5) is 0 Å². The van der Waals surface area contributed by atoms with E-state index in [1.54, 1.807) is 23.2 Å². The summed E-state index contributed by atoms with van der Waals surface area (Å²) in [5.74, 6) is 1.44. The van der Waals surface area contributed by atoms with Gasteiger partial charge in [0.1, 0.15) is 10.9 Å². The van der Waals surface area contributed by atoms with Gasteiger partial charge in [-0.25, -0.2) is 4.98 Å². The summed E-state index contributed by atoms with van der Waals surface area (Å²) < 4.78 is 11.0. The maximum Gasteiger partial charge on any atom is 0.261 e. The first-order valence-corrected chi connectivity index (χ1v) is 9.51. The highest BCUT2D eigenvalue weighted by Crippen LogP contribution is 2.30. The van der Waals surface area contributed by atoms with Crippen molar-refractivity contribution < 1.29 is 14.1 Å². The summed E-state index contributed by atoms with van der Waals surface area (Å²) in [5, 5.41) is 4.50. The average molecular weight is 399 g/mol. The van der Waals surface area contributed by atoms with Crippen LogP contribution in [0.15, 0.2) is 53.2 Å². The number of ether oxygens (including phenoxy) is 1. The summed E-state index contributed by atoms with van der Waals surface area (Å²) in [6.07, 6.45) is 4.31. The Bertz CT molecular complexity index is 930. The molecule has 1 unspecified atom stereocenters. The van der Waals surface area contributed by atoms with Gasteiger partial charge in [-0.05, 0) is 43.5 Å². The number of pyridine rings is 1. The molecule has 1 aliphatic rings. The van der Waals surface area contributed by atoms with Crippen molar-refractivity contribution in [3.05, 3.63) is 59.6 Å². The molecule has 28 heavy (non-hydrogen) atoms. The van der Waals surface area contributed by atoms with Gasteiger partial charge < -0.3 is 14.2 Å². The minimum absolute atomic E-state index is 0.0215. The number of halogens is 1. The Morgan fingerprint density at radius 2 is 2.07 bits per heavy atom. The molecule has 0 aliphatic carbocycles. The second-order valence-corrected chi connectivity index (χ2v) is 6.92. The number of nitrogens with zero attached hydrogens (tertiary/aromatic N) is 4. The van der Waals surface area contributed by atoms with Gasteiger partial charge in [-0.2, -0.15) is 4.98 Å². The van der Waals surface area contributed by atoms with E-state index in [1.807, 2.05) is 30.3 Å². The van der Waals surface area contributed by atoms with Crippen LogP contribution in [0, 0.1) is 0 Å². The van der Waals surface area contributed by atoms with Gasteiger partial charge in [0.05, 0.1) is 11.6 Å². The minimum atomic E-state index is -0.224. The number of hydrogen-bond acceptors (Lipinski definition) is 6. The molecule has 0 radical (unpaired) electrons. The van der Waals surface area contributed by atoms with E-state index in [0.717, 1.165) is 19.3 Å². The van der Waals surface area contributed by atoms with Gasteiger partial charge in [0.15, 0.2) is 12.4 Å². The highest BCUT2D eigenvalue weighted by atomic mass is 35.5. The van der Waals surface area contributed by atoms with Crippen LogP contribution < -0.4 is 4.74 Å². The van der Waals surface area contributed by atoms with Crippen LogP contribution >= 0.6 is 11.6 Å². The van der Waals surface area contributed by atoms with Crippen LogP contribution in [-0.4, -0.2) is 39.1 Å². The fraction of sp³-hybridized carbons (Fsp3) is 0.300. The average Bonchev–Trinajstić information content (AvgIpc) is 3.23. The molecular weight excluding hydrogens is 380 g/mol. The van der Waals surface area contributed by atoms with Crippen LogP contribution in [-0.2, 0) is 4.79 Å². The number of hydrogen-bond donors (Lipinski definition) is 0.